The van der Waals surface area contributed by atoms with Gasteiger partial charge in [-0.2, -0.15) is 0 Å². The minimum atomic E-state index is -0.429. The van der Waals surface area contributed by atoms with Crippen LogP contribution in [0.2, 0.25) is 0 Å². The zero-order valence-corrected chi connectivity index (χ0v) is 33.0. The van der Waals surface area contributed by atoms with Crippen LogP contribution in [0.1, 0.15) is 107 Å². The molecule has 0 atom stereocenters. The molecule has 0 heterocycles. The fraction of sp³-hybridized carbons (Fsp3) is 0.550. The zero-order chi connectivity index (χ0) is 41.1. The van der Waals surface area contributed by atoms with Crippen LogP contribution < -0.4 is 0 Å². The van der Waals surface area contributed by atoms with Gasteiger partial charge in [-0.15, -0.1) is 0 Å². The minimum Gasteiger partial charge on any atom is -0.462 e. The maximum absolute atomic E-state index is 11.0. The number of unbranched alkanes of at least 4 members (excludes halogenated alkanes) is 4. The van der Waals surface area contributed by atoms with E-state index in [1.165, 1.54) is 0 Å². The first-order valence-electron chi connectivity index (χ1n) is 17.2. The SMILES string of the molecule is C=C(C)C(=O)OCCCC.C=C(C)C(=O)OCCCCC.C=C(C)C(=O)OCCCCOC(=O)C(=C)C.C=C(C)C(=O)OCCCOC(=O)C(=C)C. The monoisotopic (exact) mass is 736 g/mol. The summed E-state index contributed by atoms with van der Waals surface area (Å²) in [5, 5.41) is 0. The highest BCUT2D eigenvalue weighted by molar-refractivity contribution is 5.88. The molecule has 0 saturated carbocycles. The van der Waals surface area contributed by atoms with Crippen molar-refractivity contribution in [2.45, 2.75) is 107 Å². The molecule has 0 aliphatic heterocycles. The van der Waals surface area contributed by atoms with Gasteiger partial charge in [-0.05, 0) is 67.2 Å². The van der Waals surface area contributed by atoms with Crippen molar-refractivity contribution >= 4 is 35.8 Å². The third-order valence-electron chi connectivity index (χ3n) is 5.56. The van der Waals surface area contributed by atoms with Gasteiger partial charge in [0.05, 0.1) is 39.6 Å². The summed E-state index contributed by atoms with van der Waals surface area (Å²) in [5.41, 5.74) is 2.42. The number of hydrogen-bond acceptors (Lipinski definition) is 12. The molecule has 0 rings (SSSR count). The van der Waals surface area contributed by atoms with Gasteiger partial charge in [0.15, 0.2) is 0 Å². The van der Waals surface area contributed by atoms with Crippen molar-refractivity contribution in [3.05, 3.63) is 72.9 Å². The maximum Gasteiger partial charge on any atom is 0.333 e. The zero-order valence-electron chi connectivity index (χ0n) is 33.0. The molecule has 0 amide bonds. The molecule has 0 spiro atoms. The summed E-state index contributed by atoms with van der Waals surface area (Å²) >= 11 is 0. The summed E-state index contributed by atoms with van der Waals surface area (Å²) in [6.07, 6.45) is 6.97. The first-order valence-corrected chi connectivity index (χ1v) is 17.2. The normalized spacial score (nSPS) is 9.23. The van der Waals surface area contributed by atoms with Crippen LogP contribution in [0, 0.1) is 0 Å². The summed E-state index contributed by atoms with van der Waals surface area (Å²) < 4.78 is 29.0. The van der Waals surface area contributed by atoms with Crippen LogP contribution in [0.25, 0.3) is 0 Å². The van der Waals surface area contributed by atoms with E-state index in [4.69, 9.17) is 28.4 Å². The third kappa shape index (κ3) is 39.7. The van der Waals surface area contributed by atoms with Crippen LogP contribution in [0.3, 0.4) is 0 Å². The van der Waals surface area contributed by atoms with E-state index in [1.807, 2.05) is 0 Å². The first kappa shape index (κ1) is 54.0. The fourth-order valence-electron chi connectivity index (χ4n) is 2.49. The molecule has 52 heavy (non-hydrogen) atoms. The van der Waals surface area contributed by atoms with Crippen LogP contribution >= 0.6 is 0 Å². The van der Waals surface area contributed by atoms with Crippen molar-refractivity contribution in [3.63, 3.8) is 0 Å². The van der Waals surface area contributed by atoms with E-state index in [0.29, 0.717) is 79.1 Å². The molecular weight excluding hydrogens is 672 g/mol. The molecule has 12 nitrogen and oxygen atoms in total. The molecule has 296 valence electrons. The van der Waals surface area contributed by atoms with Crippen LogP contribution in [0.5, 0.6) is 0 Å². The number of esters is 6. The van der Waals surface area contributed by atoms with Gasteiger partial charge in [0.1, 0.15) is 0 Å². The van der Waals surface area contributed by atoms with E-state index >= 15 is 0 Å². The third-order valence-corrected chi connectivity index (χ3v) is 5.56. The second-order valence-corrected chi connectivity index (χ2v) is 11.6. The van der Waals surface area contributed by atoms with Crippen LogP contribution in [-0.4, -0.2) is 75.5 Å². The smallest absolute Gasteiger partial charge is 0.333 e. The maximum atomic E-state index is 11.0. The number of carbonyl (C=O) groups is 6. The Hall–Kier alpha value is -4.74. The van der Waals surface area contributed by atoms with Crippen molar-refractivity contribution in [2.24, 2.45) is 0 Å². The van der Waals surface area contributed by atoms with E-state index in [2.05, 4.69) is 53.3 Å². The topological polar surface area (TPSA) is 158 Å². The molecule has 0 fully saturated rings. The fourth-order valence-corrected chi connectivity index (χ4v) is 2.49. The predicted molar refractivity (Wildman–Crippen MR) is 203 cm³/mol. The van der Waals surface area contributed by atoms with E-state index in [-0.39, 0.29) is 37.1 Å². The van der Waals surface area contributed by atoms with E-state index < -0.39 is 11.9 Å². The van der Waals surface area contributed by atoms with Gasteiger partial charge < -0.3 is 28.4 Å². The van der Waals surface area contributed by atoms with Gasteiger partial charge in [-0.3, -0.25) is 0 Å². The summed E-state index contributed by atoms with van der Waals surface area (Å²) in [6.45, 7) is 36.6. The molecule has 0 aromatic rings. The van der Waals surface area contributed by atoms with Crippen molar-refractivity contribution in [1.82, 2.24) is 0 Å². The van der Waals surface area contributed by atoms with Crippen molar-refractivity contribution in [2.75, 3.05) is 39.6 Å². The second-order valence-electron chi connectivity index (χ2n) is 11.6. The Morgan fingerprint density at radius 2 is 0.481 bits per heavy atom. The highest BCUT2D eigenvalue weighted by Crippen LogP contribution is 2.00. The Bertz CT molecular complexity index is 1130. The van der Waals surface area contributed by atoms with Gasteiger partial charge in [0, 0.05) is 39.9 Å². The Kier molecular flexibility index (Phi) is 37.5. The lowest BCUT2D eigenvalue weighted by Crippen LogP contribution is -2.11. The molecule has 0 saturated heterocycles. The van der Waals surface area contributed by atoms with Crippen molar-refractivity contribution < 1.29 is 57.2 Å². The molecular formula is C40H64O12. The highest BCUT2D eigenvalue weighted by atomic mass is 16.6. The van der Waals surface area contributed by atoms with Crippen LogP contribution in [-0.2, 0) is 57.2 Å². The summed E-state index contributed by atoms with van der Waals surface area (Å²) in [7, 11) is 0. The van der Waals surface area contributed by atoms with Gasteiger partial charge in [0.25, 0.3) is 0 Å². The Balaban J connectivity index is -0.000000301. The van der Waals surface area contributed by atoms with Gasteiger partial charge in [-0.25, -0.2) is 28.8 Å². The molecule has 0 aliphatic rings. The molecule has 0 bridgehead atoms. The quantitative estimate of drug-likeness (QED) is 0.0460. The van der Waals surface area contributed by atoms with Crippen LogP contribution in [0.4, 0.5) is 0 Å². The predicted octanol–water partition coefficient (Wildman–Crippen LogP) is 7.82. The standard InChI is InChI=1S/C12H18O4.C11H16O4.C9H16O2.C8H14O2/c1-9(2)11(13)15-7-5-6-8-16-12(14)10(3)4;1-8(2)10(12)14-6-5-7-15-11(13)9(3)4;1-4-5-6-7-11-9(10)8(2)3;1-4-5-6-10-8(9)7(2)3/h1,3,5-8H2,2,4H3;1,3,5-7H2,2,4H3;2,4-7H2,1,3H3;2,4-6H2,1,3H3. The number of carbonyl (C=O) groups excluding carboxylic acids is 6. The minimum absolute atomic E-state index is 0.217. The van der Waals surface area contributed by atoms with Crippen LogP contribution in [0.15, 0.2) is 72.9 Å². The average Bonchev–Trinajstić information content (AvgIpc) is 3.08. The molecule has 12 heteroatoms. The van der Waals surface area contributed by atoms with Crippen molar-refractivity contribution in [1.29, 1.82) is 0 Å². The molecule has 0 radical (unpaired) electrons. The second kappa shape index (κ2) is 36.1. The molecule has 0 aliphatic carbocycles. The Morgan fingerprint density at radius 1 is 0.308 bits per heavy atom. The number of rotatable bonds is 22. The Labute approximate surface area is 312 Å². The molecule has 0 aromatic carbocycles. The van der Waals surface area contributed by atoms with E-state index in [9.17, 15) is 28.8 Å². The summed E-state index contributed by atoms with van der Waals surface area (Å²) in [4.78, 5) is 65.2. The number of ether oxygens (including phenoxy) is 6. The molecule has 0 aromatic heterocycles. The summed E-state index contributed by atoms with van der Waals surface area (Å²) in [5.74, 6) is -2.20. The van der Waals surface area contributed by atoms with Crippen molar-refractivity contribution in [3.8, 4) is 0 Å². The van der Waals surface area contributed by atoms with Gasteiger partial charge in [-0.1, -0.05) is 72.6 Å². The first-order chi connectivity index (χ1) is 24.3. The van der Waals surface area contributed by atoms with E-state index in [0.717, 1.165) is 32.1 Å². The van der Waals surface area contributed by atoms with E-state index in [1.54, 1.807) is 41.5 Å². The average molecular weight is 737 g/mol. The number of hydrogen-bond donors (Lipinski definition) is 0. The van der Waals surface area contributed by atoms with Gasteiger partial charge >= 0.3 is 35.8 Å². The largest absolute Gasteiger partial charge is 0.462 e. The molecule has 0 N–H and O–H groups in total. The lowest BCUT2D eigenvalue weighted by molar-refractivity contribution is -0.142. The highest BCUT2D eigenvalue weighted by Gasteiger charge is 2.06. The van der Waals surface area contributed by atoms with Gasteiger partial charge in [0.2, 0.25) is 0 Å². The molecule has 0 unspecified atom stereocenters. The summed E-state index contributed by atoms with van der Waals surface area (Å²) in [6, 6.07) is 0. The lowest BCUT2D eigenvalue weighted by atomic mass is 10.3. The lowest BCUT2D eigenvalue weighted by Gasteiger charge is -2.05. The Morgan fingerprint density at radius 3 is 0.673 bits per heavy atom.